The topological polar surface area (TPSA) is 90.7 Å². The molecule has 1 heterocycles. The zero-order valence-electron chi connectivity index (χ0n) is 12.6. The Balaban J connectivity index is 1.71. The second kappa shape index (κ2) is 6.82. The second-order valence-corrected chi connectivity index (χ2v) is 5.06. The largest absolute Gasteiger partial charge is 0.454 e. The van der Waals surface area contributed by atoms with Gasteiger partial charge in [0.05, 0.1) is 16.6 Å². The highest BCUT2D eigenvalue weighted by Crippen LogP contribution is 2.38. The van der Waals surface area contributed by atoms with Crippen LogP contribution in [-0.2, 0) is 11.3 Å². The molecular formula is C17H14N2O5. The van der Waals surface area contributed by atoms with Crippen molar-refractivity contribution >= 4 is 17.7 Å². The van der Waals surface area contributed by atoms with Crippen molar-refractivity contribution in [1.29, 1.82) is 0 Å². The van der Waals surface area contributed by atoms with Gasteiger partial charge in [-0.15, -0.1) is 0 Å². The molecule has 1 aliphatic heterocycles. The summed E-state index contributed by atoms with van der Waals surface area (Å²) in [4.78, 5) is 22.5. The van der Waals surface area contributed by atoms with Gasteiger partial charge in [-0.05, 0) is 17.7 Å². The molecule has 0 fully saturated rings. The van der Waals surface area contributed by atoms with Crippen molar-refractivity contribution in [3.63, 3.8) is 0 Å². The molecule has 0 aromatic heterocycles. The Bertz CT molecular complexity index is 802. The number of hydrogen-bond acceptors (Lipinski definition) is 5. The number of nitro benzene ring substituents is 1. The van der Waals surface area contributed by atoms with Crippen LogP contribution in [0.2, 0.25) is 0 Å². The summed E-state index contributed by atoms with van der Waals surface area (Å²) >= 11 is 0. The molecule has 7 nitrogen and oxygen atoms in total. The van der Waals surface area contributed by atoms with Gasteiger partial charge in [0.1, 0.15) is 0 Å². The van der Waals surface area contributed by atoms with Crippen LogP contribution in [0.1, 0.15) is 11.1 Å². The molecule has 0 radical (unpaired) electrons. The van der Waals surface area contributed by atoms with Crippen LogP contribution in [0, 0.1) is 10.1 Å². The van der Waals surface area contributed by atoms with E-state index in [1.807, 2.05) is 30.3 Å². The highest BCUT2D eigenvalue weighted by molar-refractivity contribution is 5.92. The molecule has 0 bridgehead atoms. The van der Waals surface area contributed by atoms with Gasteiger partial charge < -0.3 is 14.8 Å². The molecule has 1 amide bonds. The van der Waals surface area contributed by atoms with Crippen molar-refractivity contribution < 1.29 is 19.2 Å². The predicted molar refractivity (Wildman–Crippen MR) is 86.5 cm³/mol. The number of benzene rings is 2. The molecular weight excluding hydrogens is 312 g/mol. The molecule has 0 unspecified atom stereocenters. The molecule has 3 rings (SSSR count). The molecule has 0 atom stereocenters. The van der Waals surface area contributed by atoms with Gasteiger partial charge in [-0.25, -0.2) is 0 Å². The highest BCUT2D eigenvalue weighted by Gasteiger charge is 2.22. The number of rotatable bonds is 5. The first-order chi connectivity index (χ1) is 11.6. The maximum Gasteiger partial charge on any atom is 0.280 e. The summed E-state index contributed by atoms with van der Waals surface area (Å²) in [5.41, 5.74) is 1.10. The quantitative estimate of drug-likeness (QED) is 0.518. The summed E-state index contributed by atoms with van der Waals surface area (Å²) in [7, 11) is 0. The van der Waals surface area contributed by atoms with Crippen LogP contribution in [-0.4, -0.2) is 17.6 Å². The van der Waals surface area contributed by atoms with Gasteiger partial charge in [0.15, 0.2) is 11.5 Å². The van der Waals surface area contributed by atoms with Crippen LogP contribution >= 0.6 is 0 Å². The van der Waals surface area contributed by atoms with Gasteiger partial charge in [-0.2, -0.15) is 0 Å². The summed E-state index contributed by atoms with van der Waals surface area (Å²) < 4.78 is 10.3. The van der Waals surface area contributed by atoms with Crippen molar-refractivity contribution in [1.82, 2.24) is 5.32 Å². The average Bonchev–Trinajstić information content (AvgIpc) is 3.05. The molecule has 1 aliphatic rings. The molecule has 1 N–H and O–H groups in total. The number of nitro groups is 1. The van der Waals surface area contributed by atoms with Crippen LogP contribution < -0.4 is 14.8 Å². The van der Waals surface area contributed by atoms with Gasteiger partial charge in [0.2, 0.25) is 12.7 Å². The Morgan fingerprint density at radius 1 is 1.21 bits per heavy atom. The van der Waals surface area contributed by atoms with Gasteiger partial charge >= 0.3 is 0 Å². The summed E-state index contributed by atoms with van der Waals surface area (Å²) in [6, 6.07) is 12.2. The van der Waals surface area contributed by atoms with Crippen molar-refractivity contribution in [2.45, 2.75) is 6.54 Å². The number of hydrogen-bond donors (Lipinski definition) is 1. The number of ether oxygens (including phenoxy) is 2. The van der Waals surface area contributed by atoms with E-state index in [9.17, 15) is 14.9 Å². The van der Waals surface area contributed by atoms with E-state index in [1.54, 1.807) is 0 Å². The fourth-order valence-corrected chi connectivity index (χ4v) is 2.25. The molecule has 0 aliphatic carbocycles. The number of carbonyl (C=O) groups excluding carboxylic acids is 1. The smallest absolute Gasteiger partial charge is 0.280 e. The van der Waals surface area contributed by atoms with E-state index in [-0.39, 0.29) is 24.0 Å². The van der Waals surface area contributed by atoms with E-state index in [0.29, 0.717) is 18.0 Å². The Morgan fingerprint density at radius 3 is 2.62 bits per heavy atom. The first kappa shape index (κ1) is 15.5. The Morgan fingerprint density at radius 2 is 1.92 bits per heavy atom. The second-order valence-electron chi connectivity index (χ2n) is 5.06. The number of nitrogens with zero attached hydrogens (tertiary/aromatic N) is 1. The SMILES string of the molecule is O=C(C=Cc1cc2c(cc1[N+](=O)[O-])OCO2)NCc1ccccc1. The van der Waals surface area contributed by atoms with E-state index >= 15 is 0 Å². The molecule has 0 spiro atoms. The summed E-state index contributed by atoms with van der Waals surface area (Å²) in [6.45, 7) is 0.407. The summed E-state index contributed by atoms with van der Waals surface area (Å²) in [5.74, 6) is 0.406. The van der Waals surface area contributed by atoms with E-state index in [4.69, 9.17) is 9.47 Å². The van der Waals surface area contributed by atoms with E-state index in [1.165, 1.54) is 24.3 Å². The fraction of sp³-hybridized carbons (Fsp3) is 0.118. The van der Waals surface area contributed by atoms with E-state index < -0.39 is 4.92 Å². The minimum absolute atomic E-state index is 0.0250. The normalized spacial score (nSPS) is 12.3. The highest BCUT2D eigenvalue weighted by atomic mass is 16.7. The van der Waals surface area contributed by atoms with Crippen molar-refractivity contribution in [3.05, 3.63) is 69.8 Å². The minimum atomic E-state index is -0.524. The number of amides is 1. The minimum Gasteiger partial charge on any atom is -0.454 e. The summed E-state index contributed by atoms with van der Waals surface area (Å²) in [6.07, 6.45) is 2.65. The Labute approximate surface area is 137 Å². The molecule has 2 aromatic rings. The lowest BCUT2D eigenvalue weighted by Gasteiger charge is -2.03. The zero-order valence-corrected chi connectivity index (χ0v) is 12.6. The van der Waals surface area contributed by atoms with Gasteiger partial charge in [0.25, 0.3) is 5.69 Å². The lowest BCUT2D eigenvalue weighted by atomic mass is 10.1. The fourth-order valence-electron chi connectivity index (χ4n) is 2.25. The van der Waals surface area contributed by atoms with Crippen LogP contribution in [0.5, 0.6) is 11.5 Å². The average molecular weight is 326 g/mol. The molecule has 2 aromatic carbocycles. The lowest BCUT2D eigenvalue weighted by molar-refractivity contribution is -0.385. The summed E-state index contributed by atoms with van der Waals surface area (Å²) in [5, 5.41) is 13.9. The first-order valence-electron chi connectivity index (χ1n) is 7.21. The Hall–Kier alpha value is -3.35. The zero-order chi connectivity index (χ0) is 16.9. The molecule has 7 heteroatoms. The van der Waals surface area contributed by atoms with Gasteiger partial charge in [-0.1, -0.05) is 30.3 Å². The number of nitrogens with one attached hydrogen (secondary N) is 1. The van der Waals surface area contributed by atoms with E-state index in [2.05, 4.69) is 5.32 Å². The van der Waals surface area contributed by atoms with Gasteiger partial charge in [0, 0.05) is 12.6 Å². The monoisotopic (exact) mass is 326 g/mol. The van der Waals surface area contributed by atoms with Crippen LogP contribution in [0.15, 0.2) is 48.5 Å². The van der Waals surface area contributed by atoms with Crippen LogP contribution in [0.3, 0.4) is 0 Å². The third-order valence-electron chi connectivity index (χ3n) is 3.44. The molecule has 0 saturated carbocycles. The van der Waals surface area contributed by atoms with Crippen molar-refractivity contribution in [3.8, 4) is 11.5 Å². The predicted octanol–water partition coefficient (Wildman–Crippen LogP) is 2.65. The Kier molecular flexibility index (Phi) is 4.42. The van der Waals surface area contributed by atoms with Crippen molar-refractivity contribution in [2.24, 2.45) is 0 Å². The molecule has 0 saturated heterocycles. The maximum atomic E-state index is 11.9. The molecule has 122 valence electrons. The van der Waals surface area contributed by atoms with Crippen molar-refractivity contribution in [2.75, 3.05) is 6.79 Å². The van der Waals surface area contributed by atoms with E-state index in [0.717, 1.165) is 5.56 Å². The third-order valence-corrected chi connectivity index (χ3v) is 3.44. The van der Waals surface area contributed by atoms with Crippen LogP contribution in [0.25, 0.3) is 6.08 Å². The van der Waals surface area contributed by atoms with Crippen LogP contribution in [0.4, 0.5) is 5.69 Å². The number of fused-ring (bicyclic) bond motifs is 1. The number of carbonyl (C=O) groups is 1. The lowest BCUT2D eigenvalue weighted by Crippen LogP contribution is -2.20. The van der Waals surface area contributed by atoms with Gasteiger partial charge in [-0.3, -0.25) is 14.9 Å². The standard InChI is InChI=1S/C17H14N2O5/c20-17(18-10-12-4-2-1-3-5-12)7-6-13-8-15-16(24-11-23-15)9-14(13)19(21)22/h1-9H,10-11H2,(H,18,20). The first-order valence-corrected chi connectivity index (χ1v) is 7.21. The third kappa shape index (κ3) is 3.52. The molecule has 24 heavy (non-hydrogen) atoms. The maximum absolute atomic E-state index is 11.9.